The van der Waals surface area contributed by atoms with E-state index in [1.54, 1.807) is 12.1 Å². The number of methoxy groups -OCH3 is 3. The van der Waals surface area contributed by atoms with E-state index in [1.807, 2.05) is 30.3 Å². The first-order valence-corrected chi connectivity index (χ1v) is 10.2. The standard InChI is InChI=1S/C25H24N2O5/c1-29-19-10-9-16(23(30-2)24(19)31-3)21-17(13-26)25(27)32-20-12-15(11-18(28)22(20)21)14-7-5-4-6-8-14/h4-10,15,21H,11-12,27H2,1-3H3. The van der Waals surface area contributed by atoms with Gasteiger partial charge in [-0.05, 0) is 17.5 Å². The molecule has 164 valence electrons. The summed E-state index contributed by atoms with van der Waals surface area (Å²) < 4.78 is 22.4. The van der Waals surface area contributed by atoms with Gasteiger partial charge < -0.3 is 24.7 Å². The van der Waals surface area contributed by atoms with Crippen LogP contribution in [0.3, 0.4) is 0 Å². The number of allylic oxidation sites excluding steroid dienone is 3. The Kier molecular flexibility index (Phi) is 5.78. The minimum Gasteiger partial charge on any atom is -0.493 e. The fourth-order valence-corrected chi connectivity index (χ4v) is 4.53. The van der Waals surface area contributed by atoms with E-state index in [9.17, 15) is 10.1 Å². The third-order valence-electron chi connectivity index (χ3n) is 5.98. The van der Waals surface area contributed by atoms with Crippen molar-refractivity contribution >= 4 is 5.78 Å². The molecule has 0 aromatic heterocycles. The summed E-state index contributed by atoms with van der Waals surface area (Å²) in [7, 11) is 4.53. The first-order valence-electron chi connectivity index (χ1n) is 10.2. The van der Waals surface area contributed by atoms with Crippen molar-refractivity contribution in [1.29, 1.82) is 5.26 Å². The third-order valence-corrected chi connectivity index (χ3v) is 5.98. The first kappa shape index (κ1) is 21.3. The number of ketones is 1. The number of hydrogen-bond donors (Lipinski definition) is 1. The predicted octanol–water partition coefficient (Wildman–Crippen LogP) is 3.92. The van der Waals surface area contributed by atoms with Gasteiger partial charge >= 0.3 is 0 Å². The van der Waals surface area contributed by atoms with Gasteiger partial charge in [-0.25, -0.2) is 0 Å². The molecule has 7 heteroatoms. The minimum absolute atomic E-state index is 0.00500. The van der Waals surface area contributed by atoms with Gasteiger partial charge in [-0.2, -0.15) is 5.26 Å². The summed E-state index contributed by atoms with van der Waals surface area (Å²) in [5, 5.41) is 9.89. The van der Waals surface area contributed by atoms with Gasteiger partial charge in [-0.3, -0.25) is 4.79 Å². The number of ether oxygens (including phenoxy) is 4. The maximum atomic E-state index is 13.4. The van der Waals surface area contributed by atoms with Crippen molar-refractivity contribution in [1.82, 2.24) is 0 Å². The van der Waals surface area contributed by atoms with Crippen molar-refractivity contribution in [2.75, 3.05) is 21.3 Å². The molecule has 2 atom stereocenters. The molecule has 0 spiro atoms. The molecular formula is C25H24N2O5. The Labute approximate surface area is 186 Å². The highest BCUT2D eigenvalue weighted by Gasteiger charge is 2.42. The molecule has 0 radical (unpaired) electrons. The summed E-state index contributed by atoms with van der Waals surface area (Å²) in [6, 6.07) is 15.5. The molecule has 1 heterocycles. The molecule has 0 amide bonds. The average Bonchev–Trinajstić information content (AvgIpc) is 2.82. The molecule has 2 aromatic rings. The molecule has 7 nitrogen and oxygen atoms in total. The molecule has 1 aliphatic carbocycles. The largest absolute Gasteiger partial charge is 0.493 e. The number of nitrogens with two attached hydrogens (primary N) is 1. The van der Waals surface area contributed by atoms with Crippen LogP contribution in [0.2, 0.25) is 0 Å². The van der Waals surface area contributed by atoms with E-state index in [0.717, 1.165) is 5.56 Å². The number of rotatable bonds is 5. The van der Waals surface area contributed by atoms with Crippen LogP contribution in [0.15, 0.2) is 65.3 Å². The molecule has 0 fully saturated rings. The van der Waals surface area contributed by atoms with Crippen molar-refractivity contribution in [2.45, 2.75) is 24.7 Å². The topological polar surface area (TPSA) is 104 Å². The number of nitriles is 1. The van der Waals surface area contributed by atoms with E-state index < -0.39 is 5.92 Å². The molecule has 2 unspecified atom stereocenters. The Morgan fingerprint density at radius 3 is 2.34 bits per heavy atom. The molecule has 2 N–H and O–H groups in total. The Hall–Kier alpha value is -3.92. The Balaban J connectivity index is 1.87. The van der Waals surface area contributed by atoms with Gasteiger partial charge in [0.05, 0.1) is 27.2 Å². The molecule has 0 saturated carbocycles. The maximum absolute atomic E-state index is 13.4. The van der Waals surface area contributed by atoms with Gasteiger partial charge in [0.1, 0.15) is 17.4 Å². The lowest BCUT2D eigenvalue weighted by Gasteiger charge is -2.34. The molecule has 0 saturated heterocycles. The zero-order valence-corrected chi connectivity index (χ0v) is 18.2. The molecular weight excluding hydrogens is 408 g/mol. The normalized spacial score (nSPS) is 20.2. The van der Waals surface area contributed by atoms with E-state index in [2.05, 4.69) is 6.07 Å². The Morgan fingerprint density at radius 2 is 1.72 bits per heavy atom. The van der Waals surface area contributed by atoms with Crippen molar-refractivity contribution in [3.05, 3.63) is 76.4 Å². The molecule has 1 aliphatic heterocycles. The van der Waals surface area contributed by atoms with Crippen LogP contribution in [0.4, 0.5) is 0 Å². The lowest BCUT2D eigenvalue weighted by molar-refractivity contribution is -0.117. The van der Waals surface area contributed by atoms with Gasteiger partial charge in [0.15, 0.2) is 17.3 Å². The van der Waals surface area contributed by atoms with Gasteiger partial charge in [0.25, 0.3) is 0 Å². The zero-order valence-electron chi connectivity index (χ0n) is 18.2. The lowest BCUT2D eigenvalue weighted by atomic mass is 9.73. The summed E-state index contributed by atoms with van der Waals surface area (Å²) in [6.45, 7) is 0. The fourth-order valence-electron chi connectivity index (χ4n) is 4.53. The first-order chi connectivity index (χ1) is 15.5. The van der Waals surface area contributed by atoms with Gasteiger partial charge in [-0.15, -0.1) is 0 Å². The maximum Gasteiger partial charge on any atom is 0.205 e. The monoisotopic (exact) mass is 432 g/mol. The van der Waals surface area contributed by atoms with Gasteiger partial charge in [-0.1, -0.05) is 36.4 Å². The highest BCUT2D eigenvalue weighted by Crippen LogP contribution is 2.51. The molecule has 0 bridgehead atoms. The van der Waals surface area contributed by atoms with Crippen molar-refractivity contribution in [3.8, 4) is 23.3 Å². The van der Waals surface area contributed by atoms with Crippen LogP contribution < -0.4 is 19.9 Å². The molecule has 32 heavy (non-hydrogen) atoms. The summed E-state index contributed by atoms with van der Waals surface area (Å²) in [5.41, 5.74) is 8.42. The van der Waals surface area contributed by atoms with Crippen LogP contribution in [0.1, 0.15) is 35.8 Å². The van der Waals surface area contributed by atoms with Crippen LogP contribution >= 0.6 is 0 Å². The highest BCUT2D eigenvalue weighted by atomic mass is 16.5. The van der Waals surface area contributed by atoms with Crippen LogP contribution in [-0.4, -0.2) is 27.1 Å². The Bertz CT molecular complexity index is 1160. The van der Waals surface area contributed by atoms with E-state index in [1.165, 1.54) is 21.3 Å². The number of nitrogens with zero attached hydrogens (tertiary/aromatic N) is 1. The van der Waals surface area contributed by atoms with E-state index in [0.29, 0.717) is 47.0 Å². The Morgan fingerprint density at radius 1 is 1.00 bits per heavy atom. The summed E-state index contributed by atoms with van der Waals surface area (Å²) >= 11 is 0. The van der Waals surface area contributed by atoms with E-state index in [4.69, 9.17) is 24.7 Å². The lowest BCUT2D eigenvalue weighted by Crippen LogP contribution is -2.30. The minimum atomic E-state index is -0.720. The van der Waals surface area contributed by atoms with Crippen molar-refractivity contribution in [3.63, 3.8) is 0 Å². The number of hydrogen-bond acceptors (Lipinski definition) is 7. The highest BCUT2D eigenvalue weighted by molar-refractivity contribution is 6.00. The van der Waals surface area contributed by atoms with Crippen LogP contribution in [0, 0.1) is 11.3 Å². The van der Waals surface area contributed by atoms with Crippen LogP contribution in [0.25, 0.3) is 0 Å². The smallest absolute Gasteiger partial charge is 0.205 e. The van der Waals surface area contributed by atoms with Crippen molar-refractivity contribution in [2.24, 2.45) is 5.73 Å². The van der Waals surface area contributed by atoms with E-state index in [-0.39, 0.29) is 23.2 Å². The second-order valence-electron chi connectivity index (χ2n) is 7.62. The average molecular weight is 432 g/mol. The quantitative estimate of drug-likeness (QED) is 0.764. The summed E-state index contributed by atoms with van der Waals surface area (Å²) in [5.74, 6) is 0.898. The SMILES string of the molecule is COc1ccc(C2C(C#N)=C(N)OC3=C2C(=O)CC(c2ccccc2)C3)c(OC)c1OC. The zero-order chi connectivity index (χ0) is 22.8. The van der Waals surface area contributed by atoms with Crippen LogP contribution in [-0.2, 0) is 9.53 Å². The molecule has 2 aliphatic rings. The third kappa shape index (κ3) is 3.44. The fraction of sp³-hybridized carbons (Fsp3) is 0.280. The molecule has 2 aromatic carbocycles. The van der Waals surface area contributed by atoms with Gasteiger partial charge in [0, 0.05) is 24.0 Å². The number of Topliss-reactive ketones (excluding diaryl/α,β-unsaturated/α-hetero) is 1. The second-order valence-corrected chi connectivity index (χ2v) is 7.62. The van der Waals surface area contributed by atoms with E-state index >= 15 is 0 Å². The number of benzene rings is 2. The van der Waals surface area contributed by atoms with Gasteiger partial charge in [0.2, 0.25) is 11.6 Å². The van der Waals surface area contributed by atoms with Crippen LogP contribution in [0.5, 0.6) is 17.2 Å². The molecule has 4 rings (SSSR count). The number of carbonyl (C=O) groups excluding carboxylic acids is 1. The summed E-state index contributed by atoms with van der Waals surface area (Å²) in [6.07, 6.45) is 0.827. The summed E-state index contributed by atoms with van der Waals surface area (Å²) in [4.78, 5) is 13.4. The second kappa shape index (κ2) is 8.67. The van der Waals surface area contributed by atoms with Crippen molar-refractivity contribution < 1.29 is 23.7 Å². The predicted molar refractivity (Wildman–Crippen MR) is 117 cm³/mol. The number of carbonyl (C=O) groups is 1.